The zero-order valence-electron chi connectivity index (χ0n) is 6.01. The van der Waals surface area contributed by atoms with Crippen molar-refractivity contribution in [2.75, 3.05) is 0 Å². The van der Waals surface area contributed by atoms with Gasteiger partial charge in [0.1, 0.15) is 5.84 Å². The normalized spacial score (nSPS) is 26.2. The number of hydroxylamine groups is 1. The molecule has 1 rings (SSSR count). The summed E-state index contributed by atoms with van der Waals surface area (Å²) in [5.41, 5.74) is 2.70. The molecule has 52 valence electrons. The highest BCUT2D eigenvalue weighted by Crippen LogP contribution is 2.10. The second-order valence-electron chi connectivity index (χ2n) is 2.57. The number of nitrogens with zero attached hydrogens (tertiary/aromatic N) is 1. The van der Waals surface area contributed by atoms with Gasteiger partial charge in [-0.1, -0.05) is 13.8 Å². The van der Waals surface area contributed by atoms with E-state index in [0.29, 0.717) is 5.92 Å². The first-order chi connectivity index (χ1) is 4.20. The first-order valence-corrected chi connectivity index (χ1v) is 3.16. The van der Waals surface area contributed by atoms with Crippen LogP contribution in [0, 0.1) is 5.92 Å². The summed E-state index contributed by atoms with van der Waals surface area (Å²) in [6, 6.07) is 0. The van der Waals surface area contributed by atoms with Gasteiger partial charge >= 0.3 is 0 Å². The largest absolute Gasteiger partial charge is 0.251 e. The zero-order valence-corrected chi connectivity index (χ0v) is 6.01. The Bertz CT molecular complexity index is 131. The number of aliphatic imine (C=N–C) groups is 1. The lowest BCUT2D eigenvalue weighted by Crippen LogP contribution is -2.18. The van der Waals surface area contributed by atoms with Crippen LogP contribution in [0.1, 0.15) is 20.8 Å². The molecule has 0 aromatic rings. The van der Waals surface area contributed by atoms with Crippen LogP contribution in [0.2, 0.25) is 0 Å². The van der Waals surface area contributed by atoms with Crippen LogP contribution in [-0.2, 0) is 4.84 Å². The average Bonchev–Trinajstić information content (AvgIpc) is 2.14. The summed E-state index contributed by atoms with van der Waals surface area (Å²) in [5, 5.41) is 0. The van der Waals surface area contributed by atoms with E-state index in [0.717, 1.165) is 5.84 Å². The van der Waals surface area contributed by atoms with E-state index in [1.807, 2.05) is 6.92 Å². The first kappa shape index (κ1) is 6.55. The van der Waals surface area contributed by atoms with Crippen molar-refractivity contribution in [2.45, 2.75) is 27.0 Å². The van der Waals surface area contributed by atoms with E-state index in [9.17, 15) is 0 Å². The molecule has 1 heterocycles. The van der Waals surface area contributed by atoms with Gasteiger partial charge in [0, 0.05) is 5.92 Å². The first-order valence-electron chi connectivity index (χ1n) is 3.16. The Labute approximate surface area is 55.1 Å². The van der Waals surface area contributed by atoms with Gasteiger partial charge in [-0.25, -0.2) is 9.83 Å². The SMILES string of the molecule is CC1=NC(C(C)C)ON1. The molecule has 0 aliphatic carbocycles. The standard InChI is InChI=1S/C6H12N2O/c1-4(2)6-7-5(3)8-9-6/h4,6H,1-3H3,(H,7,8). The third kappa shape index (κ3) is 1.42. The van der Waals surface area contributed by atoms with Crippen LogP contribution in [0.15, 0.2) is 4.99 Å². The van der Waals surface area contributed by atoms with Crippen LogP contribution in [-0.4, -0.2) is 12.1 Å². The predicted molar refractivity (Wildman–Crippen MR) is 36.0 cm³/mol. The molecule has 1 aliphatic rings. The Morgan fingerprint density at radius 3 is 2.56 bits per heavy atom. The molecule has 0 radical (unpaired) electrons. The number of amidine groups is 1. The van der Waals surface area contributed by atoms with Crippen LogP contribution < -0.4 is 5.48 Å². The minimum absolute atomic E-state index is 0.0185. The van der Waals surface area contributed by atoms with Crippen LogP contribution in [0.4, 0.5) is 0 Å². The van der Waals surface area contributed by atoms with E-state index in [4.69, 9.17) is 4.84 Å². The molecule has 0 bridgehead atoms. The minimum Gasteiger partial charge on any atom is -0.251 e. The number of hydrogen-bond donors (Lipinski definition) is 1. The maximum Gasteiger partial charge on any atom is 0.179 e. The van der Waals surface area contributed by atoms with Crippen molar-refractivity contribution in [3.63, 3.8) is 0 Å². The molecule has 0 amide bonds. The molecule has 0 spiro atoms. The summed E-state index contributed by atoms with van der Waals surface area (Å²) in [5.74, 6) is 1.32. The molecule has 0 aromatic heterocycles. The Balaban J connectivity index is 2.47. The average molecular weight is 128 g/mol. The summed E-state index contributed by atoms with van der Waals surface area (Å²) in [6.45, 7) is 6.05. The summed E-state index contributed by atoms with van der Waals surface area (Å²) in [6.07, 6.45) is 0.0185. The highest BCUT2D eigenvalue weighted by Gasteiger charge is 2.17. The Hall–Kier alpha value is -0.570. The lowest BCUT2D eigenvalue weighted by Gasteiger charge is -2.07. The van der Waals surface area contributed by atoms with Gasteiger partial charge in [-0.3, -0.25) is 5.48 Å². The van der Waals surface area contributed by atoms with Crippen LogP contribution in [0.25, 0.3) is 0 Å². The fourth-order valence-corrected chi connectivity index (χ4v) is 0.674. The van der Waals surface area contributed by atoms with Crippen molar-refractivity contribution < 1.29 is 4.84 Å². The second kappa shape index (κ2) is 2.35. The monoisotopic (exact) mass is 128 g/mol. The van der Waals surface area contributed by atoms with E-state index in [1.165, 1.54) is 0 Å². The molecular formula is C6H12N2O. The molecule has 1 unspecified atom stereocenters. The summed E-state index contributed by atoms with van der Waals surface area (Å²) in [7, 11) is 0. The van der Waals surface area contributed by atoms with E-state index in [2.05, 4.69) is 24.3 Å². The quantitative estimate of drug-likeness (QED) is 0.569. The fourth-order valence-electron chi connectivity index (χ4n) is 0.674. The van der Waals surface area contributed by atoms with Crippen molar-refractivity contribution in [3.8, 4) is 0 Å². The van der Waals surface area contributed by atoms with E-state index in [-0.39, 0.29) is 6.23 Å². The highest BCUT2D eigenvalue weighted by molar-refractivity contribution is 5.79. The fraction of sp³-hybridized carbons (Fsp3) is 0.833. The molecular weight excluding hydrogens is 116 g/mol. The molecule has 0 saturated carbocycles. The van der Waals surface area contributed by atoms with Crippen molar-refractivity contribution in [1.82, 2.24) is 5.48 Å². The van der Waals surface area contributed by atoms with Gasteiger partial charge in [-0.15, -0.1) is 0 Å². The van der Waals surface area contributed by atoms with Crippen molar-refractivity contribution >= 4 is 5.84 Å². The zero-order chi connectivity index (χ0) is 6.85. The Kier molecular flexibility index (Phi) is 1.71. The van der Waals surface area contributed by atoms with Crippen LogP contribution in [0.3, 0.4) is 0 Å². The maximum atomic E-state index is 5.07. The van der Waals surface area contributed by atoms with Gasteiger partial charge in [0.25, 0.3) is 0 Å². The van der Waals surface area contributed by atoms with Crippen molar-refractivity contribution in [2.24, 2.45) is 10.9 Å². The lowest BCUT2D eigenvalue weighted by atomic mass is 10.2. The Morgan fingerprint density at radius 1 is 1.67 bits per heavy atom. The second-order valence-corrected chi connectivity index (χ2v) is 2.57. The third-order valence-corrected chi connectivity index (χ3v) is 1.22. The van der Waals surface area contributed by atoms with Gasteiger partial charge in [0.15, 0.2) is 6.23 Å². The van der Waals surface area contributed by atoms with Crippen molar-refractivity contribution in [1.29, 1.82) is 0 Å². The number of hydrogen-bond acceptors (Lipinski definition) is 3. The number of nitrogens with one attached hydrogen (secondary N) is 1. The minimum atomic E-state index is 0.0185. The van der Waals surface area contributed by atoms with Gasteiger partial charge in [0.2, 0.25) is 0 Å². The molecule has 1 aliphatic heterocycles. The molecule has 0 fully saturated rings. The van der Waals surface area contributed by atoms with Gasteiger partial charge in [0.05, 0.1) is 0 Å². The molecule has 9 heavy (non-hydrogen) atoms. The third-order valence-electron chi connectivity index (χ3n) is 1.22. The smallest absolute Gasteiger partial charge is 0.179 e. The molecule has 1 atom stereocenters. The van der Waals surface area contributed by atoms with Crippen LogP contribution in [0.5, 0.6) is 0 Å². The maximum absolute atomic E-state index is 5.07. The van der Waals surface area contributed by atoms with Gasteiger partial charge < -0.3 is 0 Å². The van der Waals surface area contributed by atoms with E-state index < -0.39 is 0 Å². The summed E-state index contributed by atoms with van der Waals surface area (Å²) < 4.78 is 0. The van der Waals surface area contributed by atoms with Gasteiger partial charge in [-0.05, 0) is 6.92 Å². The molecule has 1 N–H and O–H groups in total. The summed E-state index contributed by atoms with van der Waals surface area (Å²) in [4.78, 5) is 9.24. The van der Waals surface area contributed by atoms with Gasteiger partial charge in [-0.2, -0.15) is 0 Å². The van der Waals surface area contributed by atoms with Crippen molar-refractivity contribution in [3.05, 3.63) is 0 Å². The molecule has 3 nitrogen and oxygen atoms in total. The summed E-state index contributed by atoms with van der Waals surface area (Å²) >= 11 is 0. The number of rotatable bonds is 1. The molecule has 0 aromatic carbocycles. The molecule has 3 heteroatoms. The Morgan fingerprint density at radius 2 is 2.33 bits per heavy atom. The molecule has 0 saturated heterocycles. The van der Waals surface area contributed by atoms with E-state index in [1.54, 1.807) is 0 Å². The predicted octanol–water partition coefficient (Wildman–Crippen LogP) is 0.922. The van der Waals surface area contributed by atoms with Crippen LogP contribution >= 0.6 is 0 Å². The highest BCUT2D eigenvalue weighted by atomic mass is 16.7. The topological polar surface area (TPSA) is 33.6 Å². The van der Waals surface area contributed by atoms with E-state index >= 15 is 0 Å². The lowest BCUT2D eigenvalue weighted by molar-refractivity contribution is 0.0105.